The van der Waals surface area contributed by atoms with Crippen LogP contribution in [0.25, 0.3) is 0 Å². The van der Waals surface area contributed by atoms with Crippen molar-refractivity contribution in [3.63, 3.8) is 0 Å². The number of carbonyl (C=O) groups is 1. The minimum absolute atomic E-state index is 0.0230. The van der Waals surface area contributed by atoms with Crippen LogP contribution in [-0.4, -0.2) is 18.2 Å². The molecule has 0 spiro atoms. The summed E-state index contributed by atoms with van der Waals surface area (Å²) in [4.78, 5) is 10.6. The Hall–Kier alpha value is -0.770. The quantitative estimate of drug-likeness (QED) is 0.626. The molecule has 4 N–H and O–H groups in total. The van der Waals surface area contributed by atoms with Crippen molar-refractivity contribution < 1.29 is 9.53 Å². The molecule has 0 aromatic heterocycles. The van der Waals surface area contributed by atoms with Crippen LogP contribution in [0.5, 0.6) is 0 Å². The Bertz CT molecular complexity index is 206. The summed E-state index contributed by atoms with van der Waals surface area (Å²) >= 11 is 0. The SMILES string of the molecule is NC(=O)OC1C[C@H]2CC[C@@H](C1)C2N. The molecule has 2 bridgehead atoms. The Kier molecular flexibility index (Phi) is 2.15. The lowest BCUT2D eigenvalue weighted by Crippen LogP contribution is -2.41. The summed E-state index contributed by atoms with van der Waals surface area (Å²) in [6.45, 7) is 0. The molecule has 2 aliphatic rings. The minimum Gasteiger partial charge on any atom is -0.446 e. The molecule has 0 aliphatic heterocycles. The number of primary amides is 1. The van der Waals surface area contributed by atoms with Gasteiger partial charge >= 0.3 is 6.09 Å². The highest BCUT2D eigenvalue weighted by Crippen LogP contribution is 2.42. The maximum Gasteiger partial charge on any atom is 0.404 e. The van der Waals surface area contributed by atoms with Crippen LogP contribution < -0.4 is 11.5 Å². The number of hydrogen-bond acceptors (Lipinski definition) is 3. The van der Waals surface area contributed by atoms with E-state index in [0.29, 0.717) is 17.9 Å². The van der Waals surface area contributed by atoms with Crippen LogP contribution in [0.2, 0.25) is 0 Å². The molecular weight excluding hydrogens is 168 g/mol. The van der Waals surface area contributed by atoms with Gasteiger partial charge in [0.1, 0.15) is 6.10 Å². The molecule has 74 valence electrons. The van der Waals surface area contributed by atoms with Crippen molar-refractivity contribution in [2.75, 3.05) is 0 Å². The van der Waals surface area contributed by atoms with Gasteiger partial charge in [-0.25, -0.2) is 4.79 Å². The van der Waals surface area contributed by atoms with Gasteiger partial charge < -0.3 is 16.2 Å². The molecule has 2 aliphatic carbocycles. The van der Waals surface area contributed by atoms with Crippen LogP contribution in [0.3, 0.4) is 0 Å². The van der Waals surface area contributed by atoms with E-state index in [1.54, 1.807) is 0 Å². The predicted molar refractivity (Wildman–Crippen MR) is 47.9 cm³/mol. The summed E-state index contributed by atoms with van der Waals surface area (Å²) in [5.41, 5.74) is 11.0. The fourth-order valence-corrected chi connectivity index (χ4v) is 2.78. The minimum atomic E-state index is -0.653. The Morgan fingerprint density at radius 3 is 2.23 bits per heavy atom. The van der Waals surface area contributed by atoms with Crippen LogP contribution >= 0.6 is 0 Å². The normalized spacial score (nSPS) is 43.2. The lowest BCUT2D eigenvalue weighted by Gasteiger charge is -2.32. The van der Waals surface area contributed by atoms with Crippen molar-refractivity contribution >= 4 is 6.09 Å². The first-order valence-corrected chi connectivity index (χ1v) is 4.88. The lowest BCUT2D eigenvalue weighted by atomic mass is 9.83. The molecule has 0 aromatic carbocycles. The first kappa shape index (κ1) is 8.81. The fraction of sp³-hybridized carbons (Fsp3) is 0.889. The molecule has 0 aromatic rings. The molecule has 2 fully saturated rings. The topological polar surface area (TPSA) is 78.3 Å². The van der Waals surface area contributed by atoms with E-state index in [0.717, 1.165) is 12.8 Å². The van der Waals surface area contributed by atoms with E-state index in [1.165, 1.54) is 12.8 Å². The van der Waals surface area contributed by atoms with Gasteiger partial charge in [0.2, 0.25) is 0 Å². The van der Waals surface area contributed by atoms with Gasteiger partial charge in [-0.3, -0.25) is 0 Å². The van der Waals surface area contributed by atoms with Gasteiger partial charge in [0.25, 0.3) is 0 Å². The average molecular weight is 184 g/mol. The highest BCUT2D eigenvalue weighted by Gasteiger charge is 2.41. The second-order valence-electron chi connectivity index (χ2n) is 4.21. The molecule has 4 atom stereocenters. The number of nitrogens with two attached hydrogens (primary N) is 2. The monoisotopic (exact) mass is 184 g/mol. The summed E-state index contributed by atoms with van der Waals surface area (Å²) < 4.78 is 5.00. The lowest BCUT2D eigenvalue weighted by molar-refractivity contribution is 0.0557. The van der Waals surface area contributed by atoms with Crippen LogP contribution in [0.1, 0.15) is 25.7 Å². The zero-order valence-corrected chi connectivity index (χ0v) is 7.61. The molecule has 2 saturated carbocycles. The Morgan fingerprint density at radius 2 is 1.77 bits per heavy atom. The Balaban J connectivity index is 1.95. The number of carbonyl (C=O) groups excluding carboxylic acids is 1. The molecule has 4 nitrogen and oxygen atoms in total. The van der Waals surface area contributed by atoms with Crippen molar-refractivity contribution in [3.8, 4) is 0 Å². The van der Waals surface area contributed by atoms with Gasteiger partial charge in [-0.15, -0.1) is 0 Å². The van der Waals surface area contributed by atoms with Crippen molar-refractivity contribution in [3.05, 3.63) is 0 Å². The van der Waals surface area contributed by atoms with E-state index in [4.69, 9.17) is 16.2 Å². The largest absolute Gasteiger partial charge is 0.446 e. The highest BCUT2D eigenvalue weighted by atomic mass is 16.6. The summed E-state index contributed by atoms with van der Waals surface area (Å²) in [5, 5.41) is 0. The number of ether oxygens (including phenoxy) is 1. The van der Waals surface area contributed by atoms with Gasteiger partial charge in [0, 0.05) is 6.04 Å². The van der Waals surface area contributed by atoms with Crippen LogP contribution in [0, 0.1) is 11.8 Å². The van der Waals surface area contributed by atoms with Crippen LogP contribution in [-0.2, 0) is 4.74 Å². The molecule has 0 radical (unpaired) electrons. The summed E-state index contributed by atoms with van der Waals surface area (Å²) in [6.07, 6.45) is 3.55. The standard InChI is InChI=1S/C9H16N2O2/c10-8-5-1-2-6(8)4-7(3-5)13-9(11)12/h5-8H,1-4,10H2,(H2,11,12)/t5-,6+,7?,8?. The third-order valence-electron chi connectivity index (χ3n) is 3.41. The second kappa shape index (κ2) is 3.18. The maximum absolute atomic E-state index is 10.6. The molecule has 1 amide bonds. The van der Waals surface area contributed by atoms with Crippen LogP contribution in [0.15, 0.2) is 0 Å². The first-order valence-electron chi connectivity index (χ1n) is 4.88. The van der Waals surface area contributed by atoms with E-state index in [-0.39, 0.29) is 6.10 Å². The maximum atomic E-state index is 10.6. The smallest absolute Gasteiger partial charge is 0.404 e. The van der Waals surface area contributed by atoms with Crippen LogP contribution in [0.4, 0.5) is 4.79 Å². The first-order chi connectivity index (χ1) is 6.16. The van der Waals surface area contributed by atoms with Gasteiger partial charge in [-0.1, -0.05) is 0 Å². The second-order valence-corrected chi connectivity index (χ2v) is 4.21. The summed E-state index contributed by atoms with van der Waals surface area (Å²) in [7, 11) is 0. The number of amides is 1. The Labute approximate surface area is 77.6 Å². The van der Waals surface area contributed by atoms with E-state index >= 15 is 0 Å². The number of hydrogen-bond donors (Lipinski definition) is 2. The van der Waals surface area contributed by atoms with E-state index in [1.807, 2.05) is 0 Å². The van der Waals surface area contributed by atoms with Gasteiger partial charge in [-0.2, -0.15) is 0 Å². The average Bonchev–Trinajstić information content (AvgIpc) is 2.33. The molecule has 2 rings (SSSR count). The zero-order chi connectivity index (χ0) is 9.42. The molecular formula is C9H16N2O2. The van der Waals surface area contributed by atoms with E-state index < -0.39 is 6.09 Å². The molecule has 4 heteroatoms. The van der Waals surface area contributed by atoms with Crippen molar-refractivity contribution in [1.82, 2.24) is 0 Å². The number of fused-ring (bicyclic) bond motifs is 2. The van der Waals surface area contributed by atoms with Gasteiger partial charge in [-0.05, 0) is 37.5 Å². The Morgan fingerprint density at radius 1 is 1.23 bits per heavy atom. The number of rotatable bonds is 1. The van der Waals surface area contributed by atoms with Crippen molar-refractivity contribution in [1.29, 1.82) is 0 Å². The summed E-state index contributed by atoms with van der Waals surface area (Å²) in [5.74, 6) is 1.09. The molecule has 0 heterocycles. The third-order valence-corrected chi connectivity index (χ3v) is 3.41. The van der Waals surface area contributed by atoms with Gasteiger partial charge in [0.05, 0.1) is 0 Å². The summed E-state index contributed by atoms with van der Waals surface area (Å²) in [6, 6.07) is 0.327. The fourth-order valence-electron chi connectivity index (χ4n) is 2.78. The van der Waals surface area contributed by atoms with E-state index in [2.05, 4.69) is 0 Å². The van der Waals surface area contributed by atoms with Gasteiger partial charge in [0.15, 0.2) is 0 Å². The van der Waals surface area contributed by atoms with E-state index in [9.17, 15) is 4.79 Å². The predicted octanol–water partition coefficient (Wildman–Crippen LogP) is 0.598. The molecule has 2 unspecified atom stereocenters. The van der Waals surface area contributed by atoms with Crippen molar-refractivity contribution in [2.45, 2.75) is 37.8 Å². The third kappa shape index (κ3) is 1.63. The molecule has 13 heavy (non-hydrogen) atoms. The highest BCUT2D eigenvalue weighted by molar-refractivity contribution is 5.64. The molecule has 0 saturated heterocycles. The van der Waals surface area contributed by atoms with Crippen molar-refractivity contribution in [2.24, 2.45) is 23.3 Å². The zero-order valence-electron chi connectivity index (χ0n) is 7.61.